The lowest BCUT2D eigenvalue weighted by Gasteiger charge is -2.33. The number of esters is 1. The maximum atomic E-state index is 12.7. The van der Waals surface area contributed by atoms with Gasteiger partial charge in [0.2, 0.25) is 0 Å². The SMILES string of the molecule is COc1ccc(/C=C/C(=O)OCC(=O)NN2C(=O)NC3(CCC(C)CC3)C2=O)cc1. The largest absolute Gasteiger partial charge is 0.497 e. The molecule has 9 nitrogen and oxygen atoms in total. The van der Waals surface area contributed by atoms with Gasteiger partial charge in [-0.3, -0.25) is 15.0 Å². The van der Waals surface area contributed by atoms with E-state index in [1.165, 1.54) is 12.2 Å². The molecule has 1 aliphatic carbocycles. The van der Waals surface area contributed by atoms with Gasteiger partial charge in [-0.05, 0) is 55.4 Å². The van der Waals surface area contributed by atoms with Gasteiger partial charge in [-0.2, -0.15) is 5.01 Å². The summed E-state index contributed by atoms with van der Waals surface area (Å²) >= 11 is 0. The van der Waals surface area contributed by atoms with E-state index >= 15 is 0 Å². The van der Waals surface area contributed by atoms with Crippen LogP contribution in [0, 0.1) is 5.92 Å². The van der Waals surface area contributed by atoms with Crippen LogP contribution in [-0.2, 0) is 19.1 Å². The van der Waals surface area contributed by atoms with Crippen LogP contribution in [0.1, 0.15) is 38.2 Å². The fourth-order valence-electron chi connectivity index (χ4n) is 3.54. The van der Waals surface area contributed by atoms with Crippen molar-refractivity contribution in [3.05, 3.63) is 35.9 Å². The first-order chi connectivity index (χ1) is 14.3. The Morgan fingerprint density at radius 3 is 2.53 bits per heavy atom. The Hall–Kier alpha value is -3.36. The third kappa shape index (κ3) is 4.79. The summed E-state index contributed by atoms with van der Waals surface area (Å²) in [4.78, 5) is 48.7. The summed E-state index contributed by atoms with van der Waals surface area (Å²) < 4.78 is 9.92. The number of amides is 4. The molecule has 1 aromatic rings. The summed E-state index contributed by atoms with van der Waals surface area (Å²) in [6, 6.07) is 6.34. The van der Waals surface area contributed by atoms with Crippen molar-refractivity contribution < 1.29 is 28.7 Å². The lowest BCUT2D eigenvalue weighted by atomic mass is 9.77. The number of carbonyl (C=O) groups is 4. The number of rotatable bonds is 6. The Kier molecular flexibility index (Phi) is 6.39. The number of methoxy groups -OCH3 is 1. The van der Waals surface area contributed by atoms with Crippen LogP contribution < -0.4 is 15.5 Å². The highest BCUT2D eigenvalue weighted by molar-refractivity contribution is 6.08. The first kappa shape index (κ1) is 21.4. The summed E-state index contributed by atoms with van der Waals surface area (Å²) in [6.45, 7) is 1.48. The molecular formula is C21H25N3O6. The summed E-state index contributed by atoms with van der Waals surface area (Å²) in [5.41, 5.74) is 2.02. The molecule has 2 N–H and O–H groups in total. The van der Waals surface area contributed by atoms with Crippen molar-refractivity contribution in [1.29, 1.82) is 0 Å². The maximum Gasteiger partial charge on any atom is 0.344 e. The molecule has 1 aliphatic heterocycles. The van der Waals surface area contributed by atoms with Crippen molar-refractivity contribution in [3.8, 4) is 5.75 Å². The van der Waals surface area contributed by atoms with Crippen molar-refractivity contribution in [1.82, 2.24) is 15.8 Å². The Balaban J connectivity index is 1.48. The molecule has 0 unspecified atom stereocenters. The standard InChI is InChI=1S/C21H25N3O6/c1-14-9-11-21(12-10-14)19(27)24(20(28)22-21)23-17(25)13-30-18(26)8-5-15-3-6-16(29-2)7-4-15/h3-8,14H,9-13H2,1-2H3,(H,22,28)(H,23,25)/b8-5+. The molecule has 30 heavy (non-hydrogen) atoms. The van der Waals surface area contributed by atoms with E-state index in [0.717, 1.165) is 18.4 Å². The quantitative estimate of drug-likeness (QED) is 0.416. The van der Waals surface area contributed by atoms with Crippen molar-refractivity contribution in [3.63, 3.8) is 0 Å². The summed E-state index contributed by atoms with van der Waals surface area (Å²) in [5, 5.41) is 3.38. The number of hydrogen-bond acceptors (Lipinski definition) is 6. The molecule has 1 aromatic carbocycles. The van der Waals surface area contributed by atoms with Gasteiger partial charge in [0.05, 0.1) is 7.11 Å². The highest BCUT2D eigenvalue weighted by atomic mass is 16.5. The molecule has 0 radical (unpaired) electrons. The number of ether oxygens (including phenoxy) is 2. The van der Waals surface area contributed by atoms with Crippen LogP contribution in [0.3, 0.4) is 0 Å². The van der Waals surface area contributed by atoms with E-state index < -0.39 is 36.0 Å². The number of hydrazine groups is 1. The minimum atomic E-state index is -0.950. The first-order valence-corrected chi connectivity index (χ1v) is 9.78. The molecule has 1 saturated carbocycles. The molecule has 9 heteroatoms. The van der Waals surface area contributed by atoms with Gasteiger partial charge < -0.3 is 14.8 Å². The number of nitrogens with one attached hydrogen (secondary N) is 2. The minimum Gasteiger partial charge on any atom is -0.497 e. The van der Waals surface area contributed by atoms with Gasteiger partial charge in [0.1, 0.15) is 11.3 Å². The second-order valence-electron chi connectivity index (χ2n) is 7.58. The third-order valence-corrected chi connectivity index (χ3v) is 5.40. The smallest absolute Gasteiger partial charge is 0.344 e. The highest BCUT2D eigenvalue weighted by Gasteiger charge is 2.52. The zero-order valence-corrected chi connectivity index (χ0v) is 17.0. The van der Waals surface area contributed by atoms with E-state index in [9.17, 15) is 19.2 Å². The third-order valence-electron chi connectivity index (χ3n) is 5.40. The maximum absolute atomic E-state index is 12.7. The van der Waals surface area contributed by atoms with Gasteiger partial charge in [-0.25, -0.2) is 9.59 Å². The topological polar surface area (TPSA) is 114 Å². The number of carbonyl (C=O) groups excluding carboxylic acids is 4. The first-order valence-electron chi connectivity index (χ1n) is 9.78. The average molecular weight is 415 g/mol. The molecule has 3 rings (SSSR count). The molecule has 160 valence electrons. The van der Waals surface area contributed by atoms with Crippen molar-refractivity contribution >= 4 is 29.9 Å². The Bertz CT molecular complexity index is 856. The van der Waals surface area contributed by atoms with Crippen molar-refractivity contribution in [2.24, 2.45) is 5.92 Å². The van der Waals surface area contributed by atoms with Crippen LogP contribution in [0.15, 0.2) is 30.3 Å². The molecule has 2 aliphatic rings. The van der Waals surface area contributed by atoms with E-state index in [-0.39, 0.29) is 0 Å². The van der Waals surface area contributed by atoms with Crippen molar-refractivity contribution in [2.75, 3.05) is 13.7 Å². The molecular weight excluding hydrogens is 390 g/mol. The van der Waals surface area contributed by atoms with E-state index in [4.69, 9.17) is 9.47 Å². The van der Waals surface area contributed by atoms with Gasteiger partial charge in [-0.15, -0.1) is 0 Å². The molecule has 0 aromatic heterocycles. The lowest BCUT2D eigenvalue weighted by Crippen LogP contribution is -2.52. The minimum absolute atomic E-state index is 0.474. The summed E-state index contributed by atoms with van der Waals surface area (Å²) in [6.07, 6.45) is 5.44. The van der Waals surface area contributed by atoms with Crippen molar-refractivity contribution in [2.45, 2.75) is 38.1 Å². The lowest BCUT2D eigenvalue weighted by molar-refractivity contribution is -0.147. The molecule has 2 fully saturated rings. The van der Waals surface area contributed by atoms with E-state index in [0.29, 0.717) is 29.5 Å². The number of nitrogens with zero attached hydrogens (tertiary/aromatic N) is 1. The van der Waals surface area contributed by atoms with Gasteiger partial charge in [0, 0.05) is 6.08 Å². The second kappa shape index (κ2) is 8.98. The Labute approximate surface area is 174 Å². The van der Waals surface area contributed by atoms with Gasteiger partial charge in [0.25, 0.3) is 11.8 Å². The van der Waals surface area contributed by atoms with Crippen LogP contribution in [0.2, 0.25) is 0 Å². The molecule has 1 heterocycles. The number of hydrogen-bond donors (Lipinski definition) is 2. The average Bonchev–Trinajstić information content (AvgIpc) is 2.97. The number of imide groups is 1. The summed E-state index contributed by atoms with van der Waals surface area (Å²) in [7, 11) is 1.56. The predicted molar refractivity (Wildman–Crippen MR) is 107 cm³/mol. The van der Waals surface area contributed by atoms with Crippen LogP contribution in [-0.4, -0.2) is 48.1 Å². The monoisotopic (exact) mass is 415 g/mol. The molecule has 4 amide bonds. The van der Waals surface area contributed by atoms with Gasteiger partial charge >= 0.3 is 12.0 Å². The molecule has 0 bridgehead atoms. The Morgan fingerprint density at radius 2 is 1.90 bits per heavy atom. The Morgan fingerprint density at radius 1 is 1.23 bits per heavy atom. The van der Waals surface area contributed by atoms with E-state index in [1.807, 2.05) is 0 Å². The fourth-order valence-corrected chi connectivity index (χ4v) is 3.54. The number of benzene rings is 1. The molecule has 1 saturated heterocycles. The fraction of sp³-hybridized carbons (Fsp3) is 0.429. The summed E-state index contributed by atoms with van der Waals surface area (Å²) in [5.74, 6) is -0.786. The number of urea groups is 1. The van der Waals surface area contributed by atoms with Crippen LogP contribution in [0.5, 0.6) is 5.75 Å². The van der Waals surface area contributed by atoms with Crippen LogP contribution in [0.4, 0.5) is 4.79 Å². The van der Waals surface area contributed by atoms with Crippen LogP contribution >= 0.6 is 0 Å². The zero-order chi connectivity index (χ0) is 21.7. The van der Waals surface area contributed by atoms with Gasteiger partial charge in [0.15, 0.2) is 6.61 Å². The highest BCUT2D eigenvalue weighted by Crippen LogP contribution is 2.35. The molecule has 1 spiro atoms. The van der Waals surface area contributed by atoms with E-state index in [1.54, 1.807) is 31.4 Å². The normalized spacial score (nSPS) is 23.5. The van der Waals surface area contributed by atoms with E-state index in [2.05, 4.69) is 17.7 Å². The van der Waals surface area contributed by atoms with Gasteiger partial charge in [-0.1, -0.05) is 19.1 Å². The predicted octanol–water partition coefficient (Wildman–Crippen LogP) is 1.78. The zero-order valence-electron chi connectivity index (χ0n) is 17.0. The van der Waals surface area contributed by atoms with Crippen LogP contribution in [0.25, 0.3) is 6.08 Å². The molecule has 0 atom stereocenters. The second-order valence-corrected chi connectivity index (χ2v) is 7.58.